The van der Waals surface area contributed by atoms with Crippen molar-refractivity contribution < 1.29 is 13.5 Å². The largest absolute Gasteiger partial charge is 0.489 e. The van der Waals surface area contributed by atoms with E-state index in [4.69, 9.17) is 21.5 Å². The van der Waals surface area contributed by atoms with E-state index in [9.17, 15) is 8.78 Å². The maximum atomic E-state index is 14.4. The van der Waals surface area contributed by atoms with Gasteiger partial charge in [0.2, 0.25) is 5.95 Å². The molecule has 2 aromatic rings. The molecule has 1 heterocycles. The highest BCUT2D eigenvalue weighted by atomic mass is 19.1. The minimum atomic E-state index is -1.02. The lowest BCUT2D eigenvalue weighted by atomic mass is 10.1. The first kappa shape index (κ1) is 14.7. The molecule has 1 aromatic carbocycles. The summed E-state index contributed by atoms with van der Waals surface area (Å²) in [4.78, 5) is 7.22. The third kappa shape index (κ3) is 2.50. The van der Waals surface area contributed by atoms with Gasteiger partial charge >= 0.3 is 0 Å². The van der Waals surface area contributed by atoms with Gasteiger partial charge in [-0.1, -0.05) is 13.3 Å². The second-order valence-corrected chi connectivity index (χ2v) is 4.34. The second kappa shape index (κ2) is 5.75. The minimum absolute atomic E-state index is 0.156. The summed E-state index contributed by atoms with van der Waals surface area (Å²) in [7, 11) is 0. The standard InChI is InChI=1S/C13H13F2N5O/c1-2-3-4-21-11-6(5-16)8(14)7-10(9(11)15)19-13(18)20-12(7)17/h2-4H2,1H3,(H4,17,18,19,20). The van der Waals surface area contributed by atoms with Crippen LogP contribution in [0.5, 0.6) is 5.75 Å². The quantitative estimate of drug-likeness (QED) is 0.835. The van der Waals surface area contributed by atoms with E-state index in [0.717, 1.165) is 6.42 Å². The molecule has 6 nitrogen and oxygen atoms in total. The summed E-state index contributed by atoms with van der Waals surface area (Å²) >= 11 is 0. The van der Waals surface area contributed by atoms with Crippen molar-refractivity contribution in [2.75, 3.05) is 18.1 Å². The van der Waals surface area contributed by atoms with Crippen LogP contribution in [0.2, 0.25) is 0 Å². The van der Waals surface area contributed by atoms with Crippen molar-refractivity contribution in [3.63, 3.8) is 0 Å². The number of fused-ring (bicyclic) bond motifs is 1. The van der Waals surface area contributed by atoms with Crippen LogP contribution in [0.3, 0.4) is 0 Å². The molecular weight excluding hydrogens is 280 g/mol. The van der Waals surface area contributed by atoms with Crippen LogP contribution in [0.4, 0.5) is 20.5 Å². The van der Waals surface area contributed by atoms with E-state index in [1.807, 2.05) is 6.92 Å². The van der Waals surface area contributed by atoms with Crippen molar-refractivity contribution in [1.82, 2.24) is 9.97 Å². The van der Waals surface area contributed by atoms with Crippen molar-refractivity contribution in [2.24, 2.45) is 0 Å². The molecule has 0 aliphatic carbocycles. The highest BCUT2D eigenvalue weighted by Gasteiger charge is 2.24. The van der Waals surface area contributed by atoms with Gasteiger partial charge in [0.25, 0.3) is 0 Å². The van der Waals surface area contributed by atoms with Crippen LogP contribution in [-0.4, -0.2) is 16.6 Å². The molecule has 1 aromatic heterocycles. The number of ether oxygens (including phenoxy) is 1. The molecule has 0 amide bonds. The summed E-state index contributed by atoms with van der Waals surface area (Å²) in [6.07, 6.45) is 1.44. The number of hydrogen-bond donors (Lipinski definition) is 2. The van der Waals surface area contributed by atoms with Gasteiger partial charge in [-0.25, -0.2) is 13.8 Å². The zero-order valence-electron chi connectivity index (χ0n) is 11.3. The zero-order valence-corrected chi connectivity index (χ0v) is 11.3. The molecular formula is C13H13F2N5O. The molecule has 0 aliphatic heterocycles. The number of rotatable bonds is 4. The Morgan fingerprint density at radius 2 is 1.95 bits per heavy atom. The van der Waals surface area contributed by atoms with Crippen LogP contribution in [0, 0.1) is 23.0 Å². The average Bonchev–Trinajstić information content (AvgIpc) is 2.43. The van der Waals surface area contributed by atoms with E-state index in [1.54, 1.807) is 6.07 Å². The number of aromatic nitrogens is 2. The van der Waals surface area contributed by atoms with Gasteiger partial charge in [-0.2, -0.15) is 10.2 Å². The first-order valence-corrected chi connectivity index (χ1v) is 6.27. The Balaban J connectivity index is 2.74. The number of hydrogen-bond acceptors (Lipinski definition) is 6. The van der Waals surface area contributed by atoms with E-state index in [1.165, 1.54) is 0 Å². The van der Waals surface area contributed by atoms with E-state index < -0.39 is 28.5 Å². The SMILES string of the molecule is CCCCOc1c(C#N)c(F)c2c(N)nc(N)nc2c1F. The third-order valence-electron chi connectivity index (χ3n) is 2.88. The van der Waals surface area contributed by atoms with Crippen LogP contribution in [0.25, 0.3) is 10.9 Å². The number of nitrogen functional groups attached to an aromatic ring is 2. The van der Waals surface area contributed by atoms with Crippen LogP contribution < -0.4 is 16.2 Å². The number of anilines is 2. The summed E-state index contributed by atoms with van der Waals surface area (Å²) < 4.78 is 34.0. The first-order valence-electron chi connectivity index (χ1n) is 6.27. The number of nitriles is 1. The molecule has 0 radical (unpaired) electrons. The number of benzene rings is 1. The molecule has 8 heteroatoms. The van der Waals surface area contributed by atoms with Gasteiger partial charge in [-0.3, -0.25) is 0 Å². The minimum Gasteiger partial charge on any atom is -0.489 e. The molecule has 0 atom stereocenters. The molecule has 110 valence electrons. The molecule has 0 saturated carbocycles. The molecule has 0 spiro atoms. The maximum absolute atomic E-state index is 14.4. The fourth-order valence-corrected chi connectivity index (χ4v) is 1.87. The van der Waals surface area contributed by atoms with Crippen LogP contribution in [-0.2, 0) is 0 Å². The molecule has 4 N–H and O–H groups in total. The Hall–Kier alpha value is -2.69. The van der Waals surface area contributed by atoms with Gasteiger partial charge in [0.05, 0.1) is 12.0 Å². The van der Waals surface area contributed by atoms with E-state index >= 15 is 0 Å². The van der Waals surface area contributed by atoms with Gasteiger partial charge in [-0.05, 0) is 6.42 Å². The third-order valence-corrected chi connectivity index (χ3v) is 2.88. The second-order valence-electron chi connectivity index (χ2n) is 4.34. The highest BCUT2D eigenvalue weighted by molar-refractivity contribution is 5.92. The van der Waals surface area contributed by atoms with Crippen molar-refractivity contribution in [2.45, 2.75) is 19.8 Å². The average molecular weight is 293 g/mol. The lowest BCUT2D eigenvalue weighted by molar-refractivity contribution is 0.293. The number of nitrogens with two attached hydrogens (primary N) is 2. The molecule has 0 unspecified atom stereocenters. The van der Waals surface area contributed by atoms with Crippen LogP contribution in [0.15, 0.2) is 0 Å². The summed E-state index contributed by atoms with van der Waals surface area (Å²) in [6.45, 7) is 2.07. The molecule has 21 heavy (non-hydrogen) atoms. The van der Waals surface area contributed by atoms with Crippen molar-refractivity contribution >= 4 is 22.7 Å². The van der Waals surface area contributed by atoms with Crippen molar-refractivity contribution in [3.05, 3.63) is 17.2 Å². The number of nitrogens with zero attached hydrogens (tertiary/aromatic N) is 3. The summed E-state index contributed by atoms with van der Waals surface area (Å²) in [6, 6.07) is 1.58. The van der Waals surface area contributed by atoms with Gasteiger partial charge in [0, 0.05) is 0 Å². The fraction of sp³-hybridized carbons (Fsp3) is 0.308. The molecule has 0 aliphatic rings. The lowest BCUT2D eigenvalue weighted by Crippen LogP contribution is -2.08. The van der Waals surface area contributed by atoms with Gasteiger partial charge in [0.15, 0.2) is 17.4 Å². The maximum Gasteiger partial charge on any atom is 0.222 e. The van der Waals surface area contributed by atoms with E-state index in [2.05, 4.69) is 9.97 Å². The summed E-state index contributed by atoms with van der Waals surface area (Å²) in [5, 5.41) is 8.67. The Bertz CT molecular complexity index is 742. The van der Waals surface area contributed by atoms with Gasteiger partial charge < -0.3 is 16.2 Å². The molecule has 0 bridgehead atoms. The smallest absolute Gasteiger partial charge is 0.222 e. The van der Waals surface area contributed by atoms with Crippen LogP contribution >= 0.6 is 0 Å². The lowest BCUT2D eigenvalue weighted by Gasteiger charge is -2.12. The Kier molecular flexibility index (Phi) is 4.03. The first-order chi connectivity index (χ1) is 10.0. The predicted octanol–water partition coefficient (Wildman–Crippen LogP) is 2.12. The normalized spacial score (nSPS) is 10.6. The number of unbranched alkanes of at least 4 members (excludes halogenated alkanes) is 1. The van der Waals surface area contributed by atoms with Crippen LogP contribution in [0.1, 0.15) is 25.3 Å². The Morgan fingerprint density at radius 3 is 2.57 bits per heavy atom. The molecule has 0 fully saturated rings. The van der Waals surface area contributed by atoms with Gasteiger partial charge in [0.1, 0.15) is 23.0 Å². The van der Waals surface area contributed by atoms with Gasteiger partial charge in [-0.15, -0.1) is 0 Å². The van der Waals surface area contributed by atoms with Crippen molar-refractivity contribution in [3.8, 4) is 11.8 Å². The van der Waals surface area contributed by atoms with Crippen molar-refractivity contribution in [1.29, 1.82) is 5.26 Å². The topological polar surface area (TPSA) is 111 Å². The van der Waals surface area contributed by atoms with E-state index in [-0.39, 0.29) is 23.8 Å². The zero-order chi connectivity index (χ0) is 15.6. The van der Waals surface area contributed by atoms with E-state index in [0.29, 0.717) is 6.42 Å². The number of halogens is 2. The summed E-state index contributed by atoms with van der Waals surface area (Å²) in [5.74, 6) is -3.08. The Labute approximate surface area is 119 Å². The fourth-order valence-electron chi connectivity index (χ4n) is 1.87. The molecule has 0 saturated heterocycles. The monoisotopic (exact) mass is 293 g/mol. The summed E-state index contributed by atoms with van der Waals surface area (Å²) in [5.41, 5.74) is 9.96. The highest BCUT2D eigenvalue weighted by Crippen LogP contribution is 2.35. The molecule has 2 rings (SSSR count). The predicted molar refractivity (Wildman–Crippen MR) is 73.4 cm³/mol. The Morgan fingerprint density at radius 1 is 1.24 bits per heavy atom.